The number of hydrogen-bond donors (Lipinski definition) is 2. The Labute approximate surface area is 126 Å². The zero-order chi connectivity index (χ0) is 15.2. The molecule has 1 saturated carbocycles. The standard InChI is InChI=1S/C16H25NO4/c1-19-14-8-11(9-15(20-2)16(14)21-3)10-17-12-4-6-13(18)7-5-12/h8-9,12-13,17-18H,4-7,10H2,1-3H3/t12-,13-. The molecule has 0 saturated heterocycles. The SMILES string of the molecule is COc1cc(CN[C@H]2CC[C@H](O)CC2)cc(OC)c1OC. The third-order valence-corrected chi connectivity index (χ3v) is 4.02. The van der Waals surface area contributed by atoms with E-state index < -0.39 is 0 Å². The second-order valence-electron chi connectivity index (χ2n) is 5.42. The Bertz CT molecular complexity index is 431. The number of nitrogens with one attached hydrogen (secondary N) is 1. The summed E-state index contributed by atoms with van der Waals surface area (Å²) in [4.78, 5) is 0. The number of methoxy groups -OCH3 is 3. The third kappa shape index (κ3) is 4.02. The van der Waals surface area contributed by atoms with Crippen LogP contribution in [0, 0.1) is 0 Å². The topological polar surface area (TPSA) is 60.0 Å². The fraction of sp³-hybridized carbons (Fsp3) is 0.625. The van der Waals surface area contributed by atoms with E-state index >= 15 is 0 Å². The van der Waals surface area contributed by atoms with Crippen molar-refractivity contribution in [2.45, 2.75) is 44.4 Å². The van der Waals surface area contributed by atoms with Gasteiger partial charge in [-0.2, -0.15) is 0 Å². The van der Waals surface area contributed by atoms with Crippen molar-refractivity contribution in [2.24, 2.45) is 0 Å². The molecule has 0 aromatic heterocycles. The second-order valence-corrected chi connectivity index (χ2v) is 5.42. The monoisotopic (exact) mass is 295 g/mol. The van der Waals surface area contributed by atoms with Crippen LogP contribution in [0.2, 0.25) is 0 Å². The van der Waals surface area contributed by atoms with Gasteiger partial charge in [0.15, 0.2) is 11.5 Å². The first-order valence-electron chi connectivity index (χ1n) is 7.38. The summed E-state index contributed by atoms with van der Waals surface area (Å²) in [5, 5.41) is 13.1. The number of aliphatic hydroxyl groups is 1. The quantitative estimate of drug-likeness (QED) is 0.841. The fourth-order valence-corrected chi connectivity index (χ4v) is 2.78. The van der Waals surface area contributed by atoms with Crippen molar-refractivity contribution in [1.82, 2.24) is 5.32 Å². The van der Waals surface area contributed by atoms with Gasteiger partial charge >= 0.3 is 0 Å². The molecule has 1 aliphatic carbocycles. The molecule has 0 atom stereocenters. The summed E-state index contributed by atoms with van der Waals surface area (Å²) in [6.07, 6.45) is 3.68. The van der Waals surface area contributed by atoms with Gasteiger partial charge in [0.2, 0.25) is 5.75 Å². The van der Waals surface area contributed by atoms with E-state index in [0.29, 0.717) is 23.3 Å². The predicted molar refractivity (Wildman–Crippen MR) is 81.2 cm³/mol. The minimum absolute atomic E-state index is 0.121. The smallest absolute Gasteiger partial charge is 0.203 e. The van der Waals surface area contributed by atoms with Gasteiger partial charge in [-0.05, 0) is 43.4 Å². The summed E-state index contributed by atoms with van der Waals surface area (Å²) in [6, 6.07) is 4.39. The van der Waals surface area contributed by atoms with Crippen LogP contribution in [0.1, 0.15) is 31.2 Å². The third-order valence-electron chi connectivity index (χ3n) is 4.02. The van der Waals surface area contributed by atoms with Crippen molar-refractivity contribution in [3.8, 4) is 17.2 Å². The highest BCUT2D eigenvalue weighted by atomic mass is 16.5. The van der Waals surface area contributed by atoms with Crippen molar-refractivity contribution in [3.63, 3.8) is 0 Å². The molecule has 21 heavy (non-hydrogen) atoms. The summed E-state index contributed by atoms with van der Waals surface area (Å²) >= 11 is 0. The number of aliphatic hydroxyl groups excluding tert-OH is 1. The van der Waals surface area contributed by atoms with Crippen molar-refractivity contribution in [3.05, 3.63) is 17.7 Å². The first kappa shape index (κ1) is 15.9. The highest BCUT2D eigenvalue weighted by Crippen LogP contribution is 2.38. The average molecular weight is 295 g/mol. The maximum Gasteiger partial charge on any atom is 0.203 e. The summed E-state index contributed by atoms with van der Waals surface area (Å²) in [6.45, 7) is 0.747. The van der Waals surface area contributed by atoms with E-state index in [0.717, 1.165) is 37.8 Å². The van der Waals surface area contributed by atoms with E-state index in [1.807, 2.05) is 12.1 Å². The molecular formula is C16H25NO4. The Morgan fingerprint density at radius 2 is 1.57 bits per heavy atom. The lowest BCUT2D eigenvalue weighted by molar-refractivity contribution is 0.116. The lowest BCUT2D eigenvalue weighted by atomic mass is 9.93. The zero-order valence-corrected chi connectivity index (χ0v) is 13.0. The van der Waals surface area contributed by atoms with E-state index in [2.05, 4.69) is 5.32 Å². The molecule has 0 radical (unpaired) electrons. The van der Waals surface area contributed by atoms with Crippen LogP contribution in [0.5, 0.6) is 17.2 Å². The normalized spacial score (nSPS) is 21.9. The maximum atomic E-state index is 9.53. The Kier molecular flexibility index (Phi) is 5.70. The van der Waals surface area contributed by atoms with Gasteiger partial charge in [-0.15, -0.1) is 0 Å². The zero-order valence-electron chi connectivity index (χ0n) is 13.0. The molecule has 0 amide bonds. The van der Waals surface area contributed by atoms with Crippen LogP contribution in [-0.4, -0.2) is 38.6 Å². The maximum absolute atomic E-state index is 9.53. The van der Waals surface area contributed by atoms with Crippen molar-refractivity contribution in [1.29, 1.82) is 0 Å². The Hall–Kier alpha value is -1.46. The number of hydrogen-bond acceptors (Lipinski definition) is 5. The molecule has 1 aliphatic rings. The van der Waals surface area contributed by atoms with Crippen LogP contribution in [-0.2, 0) is 6.54 Å². The van der Waals surface area contributed by atoms with E-state index in [-0.39, 0.29) is 6.10 Å². The Morgan fingerprint density at radius 3 is 2.05 bits per heavy atom. The van der Waals surface area contributed by atoms with Crippen LogP contribution < -0.4 is 19.5 Å². The highest BCUT2D eigenvalue weighted by molar-refractivity contribution is 5.53. The molecule has 0 bridgehead atoms. The van der Waals surface area contributed by atoms with Gasteiger partial charge < -0.3 is 24.6 Å². The molecule has 5 nitrogen and oxygen atoms in total. The van der Waals surface area contributed by atoms with Crippen molar-refractivity contribution < 1.29 is 19.3 Å². The molecule has 118 valence electrons. The second kappa shape index (κ2) is 7.52. The van der Waals surface area contributed by atoms with Gasteiger partial charge in [0.1, 0.15) is 0 Å². The largest absolute Gasteiger partial charge is 0.493 e. The predicted octanol–water partition coefficient (Wildman–Crippen LogP) is 2.11. The molecule has 0 spiro atoms. The summed E-state index contributed by atoms with van der Waals surface area (Å²) in [5.41, 5.74) is 1.09. The number of ether oxygens (including phenoxy) is 3. The van der Waals surface area contributed by atoms with Crippen molar-refractivity contribution >= 4 is 0 Å². The highest BCUT2D eigenvalue weighted by Gasteiger charge is 2.19. The molecule has 1 aromatic carbocycles. The Morgan fingerprint density at radius 1 is 1.00 bits per heavy atom. The lowest BCUT2D eigenvalue weighted by Crippen LogP contribution is -2.34. The fourth-order valence-electron chi connectivity index (χ4n) is 2.78. The van der Waals surface area contributed by atoms with Gasteiger partial charge in [0.25, 0.3) is 0 Å². The molecular weight excluding hydrogens is 270 g/mol. The molecule has 1 aromatic rings. The van der Waals surface area contributed by atoms with Gasteiger partial charge in [-0.3, -0.25) is 0 Å². The summed E-state index contributed by atoms with van der Waals surface area (Å²) in [7, 11) is 4.85. The number of benzene rings is 1. The van der Waals surface area contributed by atoms with E-state index in [9.17, 15) is 5.11 Å². The molecule has 1 fully saturated rings. The number of rotatable bonds is 6. The van der Waals surface area contributed by atoms with Crippen LogP contribution in [0.4, 0.5) is 0 Å². The van der Waals surface area contributed by atoms with Gasteiger partial charge in [-0.1, -0.05) is 0 Å². The van der Waals surface area contributed by atoms with Crippen LogP contribution in [0.3, 0.4) is 0 Å². The molecule has 5 heteroatoms. The van der Waals surface area contributed by atoms with Gasteiger partial charge in [0, 0.05) is 12.6 Å². The van der Waals surface area contributed by atoms with Gasteiger partial charge in [-0.25, -0.2) is 0 Å². The summed E-state index contributed by atoms with van der Waals surface area (Å²) < 4.78 is 16.0. The Balaban J connectivity index is 2.02. The molecule has 2 rings (SSSR count). The lowest BCUT2D eigenvalue weighted by Gasteiger charge is -2.26. The van der Waals surface area contributed by atoms with Crippen LogP contribution >= 0.6 is 0 Å². The average Bonchev–Trinajstić information content (AvgIpc) is 2.53. The minimum atomic E-state index is -0.121. The molecule has 0 unspecified atom stereocenters. The van der Waals surface area contributed by atoms with E-state index in [4.69, 9.17) is 14.2 Å². The minimum Gasteiger partial charge on any atom is -0.493 e. The van der Waals surface area contributed by atoms with Crippen LogP contribution in [0.15, 0.2) is 12.1 Å². The molecule has 0 aliphatic heterocycles. The van der Waals surface area contributed by atoms with Crippen LogP contribution in [0.25, 0.3) is 0 Å². The van der Waals surface area contributed by atoms with Crippen molar-refractivity contribution in [2.75, 3.05) is 21.3 Å². The van der Waals surface area contributed by atoms with E-state index in [1.165, 1.54) is 0 Å². The van der Waals surface area contributed by atoms with E-state index in [1.54, 1.807) is 21.3 Å². The first-order chi connectivity index (χ1) is 10.2. The molecule has 2 N–H and O–H groups in total. The summed E-state index contributed by atoms with van der Waals surface area (Å²) in [5.74, 6) is 1.96. The first-order valence-corrected chi connectivity index (χ1v) is 7.38. The molecule has 0 heterocycles. The van der Waals surface area contributed by atoms with Gasteiger partial charge in [0.05, 0.1) is 27.4 Å².